The first-order valence-electron chi connectivity index (χ1n) is 8.13. The number of carbonyl (C=O) groups is 3. The quantitative estimate of drug-likeness (QED) is 0.481. The molecule has 0 atom stereocenters. The smallest absolute Gasteiger partial charge is 0.475 e. The van der Waals surface area contributed by atoms with Gasteiger partial charge in [0.2, 0.25) is 0 Å². The van der Waals surface area contributed by atoms with Crippen LogP contribution in [0.4, 0.5) is 18.9 Å². The largest absolute Gasteiger partial charge is 0.490 e. The standard InChI is InChI=1S/C16H11Cl2N3O3.C2HF3O2/c17-9-1-2-12(18)13(7-9)21-14(22)8-24-16(23)11-4-6-20-15-10(11)3-5-19-15;3-2(4,5)1(6)7/h1-7H,8H2,(H,19,20)(H,21,22);(H,6,7). The number of halogens is 5. The van der Waals surface area contributed by atoms with Crippen LogP contribution >= 0.6 is 23.2 Å². The van der Waals surface area contributed by atoms with E-state index in [0.717, 1.165) is 0 Å². The fourth-order valence-electron chi connectivity index (χ4n) is 2.13. The van der Waals surface area contributed by atoms with E-state index in [-0.39, 0.29) is 0 Å². The summed E-state index contributed by atoms with van der Waals surface area (Å²) in [6.45, 7) is -0.448. The molecule has 1 amide bonds. The number of carboxylic acids is 1. The van der Waals surface area contributed by atoms with Crippen LogP contribution in [0.3, 0.4) is 0 Å². The number of aliphatic carboxylic acids is 1. The van der Waals surface area contributed by atoms with E-state index >= 15 is 0 Å². The van der Waals surface area contributed by atoms with Gasteiger partial charge >= 0.3 is 18.1 Å². The van der Waals surface area contributed by atoms with Crippen molar-refractivity contribution in [2.75, 3.05) is 11.9 Å². The molecule has 2 heterocycles. The fourth-order valence-corrected chi connectivity index (χ4v) is 2.46. The van der Waals surface area contributed by atoms with Crippen molar-refractivity contribution in [1.29, 1.82) is 0 Å². The molecule has 13 heteroatoms. The second-order valence-electron chi connectivity index (χ2n) is 5.65. The van der Waals surface area contributed by atoms with Crippen LogP contribution in [-0.4, -0.2) is 45.7 Å². The van der Waals surface area contributed by atoms with Gasteiger partial charge in [0, 0.05) is 22.8 Å². The first kappa shape index (κ1) is 24.0. The average Bonchev–Trinajstić information content (AvgIpc) is 3.17. The van der Waals surface area contributed by atoms with Crippen molar-refractivity contribution in [3.8, 4) is 0 Å². The Bertz CT molecular complexity index is 1120. The average molecular weight is 478 g/mol. The maximum Gasteiger partial charge on any atom is 0.490 e. The predicted octanol–water partition coefficient (Wildman–Crippen LogP) is 4.30. The Morgan fingerprint density at radius 3 is 2.48 bits per heavy atom. The zero-order valence-electron chi connectivity index (χ0n) is 15.2. The lowest BCUT2D eigenvalue weighted by Gasteiger charge is -2.08. The molecule has 0 aliphatic rings. The van der Waals surface area contributed by atoms with Gasteiger partial charge in [0.15, 0.2) is 6.61 Å². The van der Waals surface area contributed by atoms with Crippen molar-refractivity contribution in [3.63, 3.8) is 0 Å². The van der Waals surface area contributed by atoms with Gasteiger partial charge in [0.05, 0.1) is 16.3 Å². The number of pyridine rings is 1. The summed E-state index contributed by atoms with van der Waals surface area (Å²) in [4.78, 5) is 39.9. The van der Waals surface area contributed by atoms with Crippen molar-refractivity contribution in [2.24, 2.45) is 0 Å². The summed E-state index contributed by atoms with van der Waals surface area (Å²) in [6.07, 6.45) is -1.93. The van der Waals surface area contributed by atoms with Gasteiger partial charge in [0.25, 0.3) is 5.91 Å². The van der Waals surface area contributed by atoms with Crippen LogP contribution in [0.2, 0.25) is 10.0 Å². The first-order valence-corrected chi connectivity index (χ1v) is 8.89. The maximum absolute atomic E-state index is 12.1. The number of nitrogens with one attached hydrogen (secondary N) is 2. The second kappa shape index (κ2) is 10.1. The predicted molar refractivity (Wildman–Crippen MR) is 105 cm³/mol. The summed E-state index contributed by atoms with van der Waals surface area (Å²) in [5.41, 5.74) is 1.25. The topological polar surface area (TPSA) is 121 Å². The molecule has 3 N–H and O–H groups in total. The van der Waals surface area contributed by atoms with Crippen molar-refractivity contribution >= 4 is 57.8 Å². The number of ether oxygens (including phenoxy) is 1. The number of carbonyl (C=O) groups excluding carboxylic acids is 2. The number of esters is 1. The second-order valence-corrected chi connectivity index (χ2v) is 6.49. The molecule has 0 saturated heterocycles. The third-order valence-corrected chi connectivity index (χ3v) is 4.02. The Hall–Kier alpha value is -3.31. The number of anilines is 1. The first-order chi connectivity index (χ1) is 14.5. The normalized spacial score (nSPS) is 10.7. The molecule has 31 heavy (non-hydrogen) atoms. The third kappa shape index (κ3) is 6.86. The number of alkyl halides is 3. The van der Waals surface area contributed by atoms with Gasteiger partial charge in [-0.2, -0.15) is 13.2 Å². The Kier molecular flexibility index (Phi) is 7.83. The molecule has 3 aromatic rings. The number of benzene rings is 1. The van der Waals surface area contributed by atoms with E-state index in [1.165, 1.54) is 18.3 Å². The van der Waals surface area contributed by atoms with E-state index in [2.05, 4.69) is 15.3 Å². The fraction of sp³-hybridized carbons (Fsp3) is 0.111. The minimum atomic E-state index is -5.08. The number of hydrogen-bond donors (Lipinski definition) is 3. The van der Waals surface area contributed by atoms with Crippen molar-refractivity contribution in [2.45, 2.75) is 6.18 Å². The molecule has 0 unspecified atom stereocenters. The Balaban J connectivity index is 0.000000423. The van der Waals surface area contributed by atoms with E-state index < -0.39 is 30.6 Å². The lowest BCUT2D eigenvalue weighted by Crippen LogP contribution is -2.21. The monoisotopic (exact) mass is 477 g/mol. The molecule has 1 aromatic carbocycles. The van der Waals surface area contributed by atoms with E-state index in [4.69, 9.17) is 37.8 Å². The summed E-state index contributed by atoms with van der Waals surface area (Å²) in [7, 11) is 0. The summed E-state index contributed by atoms with van der Waals surface area (Å²) in [5.74, 6) is -3.89. The molecule has 8 nitrogen and oxygen atoms in total. The van der Waals surface area contributed by atoms with E-state index in [1.807, 2.05) is 0 Å². The third-order valence-electron chi connectivity index (χ3n) is 3.46. The Labute approximate surface area is 181 Å². The number of aromatic amines is 1. The van der Waals surface area contributed by atoms with E-state index in [1.54, 1.807) is 24.4 Å². The van der Waals surface area contributed by atoms with Crippen LogP contribution in [0, 0.1) is 0 Å². The van der Waals surface area contributed by atoms with Gasteiger partial charge in [-0.1, -0.05) is 23.2 Å². The number of aromatic nitrogens is 2. The molecule has 0 fully saturated rings. The summed E-state index contributed by atoms with van der Waals surface area (Å²) in [5, 5.41) is 11.1. The van der Waals surface area contributed by atoms with Gasteiger partial charge in [-0.05, 0) is 30.3 Å². The molecule has 0 aliphatic heterocycles. The highest BCUT2D eigenvalue weighted by Crippen LogP contribution is 2.25. The van der Waals surface area contributed by atoms with Crippen LogP contribution in [0.5, 0.6) is 0 Å². The SMILES string of the molecule is O=C(COC(=O)c1ccnc2[nH]ccc12)Nc1cc(Cl)ccc1Cl.O=C(O)C(F)(F)F. The zero-order chi connectivity index (χ0) is 23.2. The molecule has 0 spiro atoms. The van der Waals surface area contributed by atoms with Crippen LogP contribution in [-0.2, 0) is 14.3 Å². The van der Waals surface area contributed by atoms with Gasteiger partial charge in [-0.25, -0.2) is 14.6 Å². The molecule has 0 radical (unpaired) electrons. The molecular formula is C18H12Cl2F3N3O5. The minimum Gasteiger partial charge on any atom is -0.475 e. The van der Waals surface area contributed by atoms with Gasteiger partial charge in [-0.15, -0.1) is 0 Å². The number of fused-ring (bicyclic) bond motifs is 1. The number of carboxylic acid groups (broad SMARTS) is 1. The minimum absolute atomic E-state index is 0.329. The van der Waals surface area contributed by atoms with Gasteiger partial charge in [0.1, 0.15) is 5.65 Å². The van der Waals surface area contributed by atoms with Crippen LogP contribution in [0.1, 0.15) is 10.4 Å². The Morgan fingerprint density at radius 1 is 1.16 bits per heavy atom. The highest BCUT2D eigenvalue weighted by atomic mass is 35.5. The van der Waals surface area contributed by atoms with Crippen molar-refractivity contribution < 1.29 is 37.4 Å². The number of H-pyrrole nitrogens is 1. The van der Waals surface area contributed by atoms with Crippen LogP contribution in [0.25, 0.3) is 11.0 Å². The molecular weight excluding hydrogens is 466 g/mol. The zero-order valence-corrected chi connectivity index (χ0v) is 16.7. The summed E-state index contributed by atoms with van der Waals surface area (Å²) in [6, 6.07) is 7.92. The molecule has 0 aliphatic carbocycles. The highest BCUT2D eigenvalue weighted by Gasteiger charge is 2.38. The van der Waals surface area contributed by atoms with Gasteiger partial charge < -0.3 is 20.1 Å². The maximum atomic E-state index is 12.1. The van der Waals surface area contributed by atoms with E-state index in [0.29, 0.717) is 32.3 Å². The number of rotatable bonds is 4. The number of nitrogens with zero attached hydrogens (tertiary/aromatic N) is 1. The van der Waals surface area contributed by atoms with Crippen LogP contribution < -0.4 is 5.32 Å². The van der Waals surface area contributed by atoms with E-state index in [9.17, 15) is 22.8 Å². The highest BCUT2D eigenvalue weighted by molar-refractivity contribution is 6.35. The molecule has 0 bridgehead atoms. The molecule has 3 rings (SSSR count). The lowest BCUT2D eigenvalue weighted by molar-refractivity contribution is -0.192. The summed E-state index contributed by atoms with van der Waals surface area (Å²) >= 11 is 11.8. The Morgan fingerprint density at radius 2 is 1.84 bits per heavy atom. The molecule has 0 saturated carbocycles. The van der Waals surface area contributed by atoms with Crippen LogP contribution in [0.15, 0.2) is 42.7 Å². The lowest BCUT2D eigenvalue weighted by atomic mass is 10.2. The van der Waals surface area contributed by atoms with Crippen molar-refractivity contribution in [1.82, 2.24) is 9.97 Å². The molecule has 2 aromatic heterocycles. The van der Waals surface area contributed by atoms with Gasteiger partial charge in [-0.3, -0.25) is 4.79 Å². The van der Waals surface area contributed by atoms with Crippen molar-refractivity contribution in [3.05, 3.63) is 58.3 Å². The number of hydrogen-bond acceptors (Lipinski definition) is 5. The summed E-state index contributed by atoms with van der Waals surface area (Å²) < 4.78 is 36.8. The molecule has 164 valence electrons. The number of amides is 1.